The Bertz CT molecular complexity index is 406. The fraction of sp³-hybridized carbons (Fsp3) is 0.462. The number of piperidine rings is 1. The minimum absolute atomic E-state index is 0.0320. The number of halogens is 1. The topological polar surface area (TPSA) is 50.4 Å². The average Bonchev–Trinajstić information content (AvgIpc) is 2.38. The van der Waals surface area contributed by atoms with Gasteiger partial charge in [-0.15, -0.1) is 0 Å². The van der Waals surface area contributed by atoms with Crippen molar-refractivity contribution in [3.8, 4) is 5.75 Å². The minimum atomic E-state index is -0.0816. The Labute approximate surface area is 112 Å². The van der Waals surface area contributed by atoms with Gasteiger partial charge in [0.05, 0.1) is 0 Å². The van der Waals surface area contributed by atoms with E-state index in [1.54, 1.807) is 24.3 Å². The Kier molecular flexibility index (Phi) is 4.84. The monoisotopic (exact) mass is 268 g/mol. The quantitative estimate of drug-likeness (QED) is 0.872. The van der Waals surface area contributed by atoms with Crippen molar-refractivity contribution in [2.75, 3.05) is 19.7 Å². The number of hydrogen-bond donors (Lipinski definition) is 2. The van der Waals surface area contributed by atoms with Gasteiger partial charge in [0.25, 0.3) is 5.91 Å². The van der Waals surface area contributed by atoms with Crippen LogP contribution in [0.25, 0.3) is 0 Å². The van der Waals surface area contributed by atoms with Crippen molar-refractivity contribution in [1.29, 1.82) is 0 Å². The number of benzene rings is 1. The smallest absolute Gasteiger partial charge is 0.258 e. The molecule has 1 fully saturated rings. The van der Waals surface area contributed by atoms with Crippen LogP contribution in [0, 0.1) is 0 Å². The highest BCUT2D eigenvalue weighted by Crippen LogP contribution is 2.16. The molecule has 0 aromatic heterocycles. The molecule has 0 aliphatic carbocycles. The van der Waals surface area contributed by atoms with Gasteiger partial charge in [0.2, 0.25) is 0 Å². The summed E-state index contributed by atoms with van der Waals surface area (Å²) in [5, 5.41) is 6.82. The van der Waals surface area contributed by atoms with Gasteiger partial charge >= 0.3 is 0 Å². The predicted molar refractivity (Wildman–Crippen MR) is 71.0 cm³/mol. The van der Waals surface area contributed by atoms with Crippen LogP contribution in [0.15, 0.2) is 24.3 Å². The average molecular weight is 269 g/mol. The van der Waals surface area contributed by atoms with Crippen LogP contribution in [-0.2, 0) is 4.79 Å². The summed E-state index contributed by atoms with van der Waals surface area (Å²) in [4.78, 5) is 11.7. The molecule has 1 saturated heterocycles. The molecule has 2 N–H and O–H groups in total. The molecule has 1 aliphatic rings. The highest BCUT2D eigenvalue weighted by Gasteiger charge is 2.15. The van der Waals surface area contributed by atoms with E-state index in [1.165, 1.54) is 0 Å². The van der Waals surface area contributed by atoms with Crippen LogP contribution >= 0.6 is 11.6 Å². The molecule has 98 valence electrons. The maximum absolute atomic E-state index is 11.7. The summed E-state index contributed by atoms with van der Waals surface area (Å²) in [6.07, 6.45) is 1.95. The molecule has 2 rings (SSSR count). The van der Waals surface area contributed by atoms with Crippen molar-refractivity contribution in [1.82, 2.24) is 10.6 Å². The fourth-order valence-corrected chi connectivity index (χ4v) is 2.12. The van der Waals surface area contributed by atoms with E-state index in [1.807, 2.05) is 0 Å². The molecule has 4 nitrogen and oxygen atoms in total. The van der Waals surface area contributed by atoms with Gasteiger partial charge in [-0.25, -0.2) is 0 Å². The van der Waals surface area contributed by atoms with Gasteiger partial charge in [0, 0.05) is 11.1 Å². The van der Waals surface area contributed by atoms with Crippen LogP contribution in [0.2, 0.25) is 5.02 Å². The Balaban J connectivity index is 1.74. The standard InChI is InChI=1S/C13H17ClN2O2/c14-10-2-1-3-12(8-10)18-9-13(17)16-11-4-6-15-7-5-11/h1-3,8,11,15H,4-7,9H2,(H,16,17). The van der Waals surface area contributed by atoms with Crippen molar-refractivity contribution in [3.05, 3.63) is 29.3 Å². The van der Waals surface area contributed by atoms with Crippen molar-refractivity contribution in [2.24, 2.45) is 0 Å². The lowest BCUT2D eigenvalue weighted by Crippen LogP contribution is -2.44. The summed E-state index contributed by atoms with van der Waals surface area (Å²) in [7, 11) is 0. The van der Waals surface area contributed by atoms with Gasteiger partial charge in [0.15, 0.2) is 6.61 Å². The highest BCUT2D eigenvalue weighted by atomic mass is 35.5. The number of hydrogen-bond acceptors (Lipinski definition) is 3. The maximum Gasteiger partial charge on any atom is 0.258 e. The van der Waals surface area contributed by atoms with Crippen LogP contribution < -0.4 is 15.4 Å². The number of rotatable bonds is 4. The third-order valence-electron chi connectivity index (χ3n) is 2.87. The summed E-state index contributed by atoms with van der Waals surface area (Å²) in [6.45, 7) is 1.95. The molecule has 0 saturated carbocycles. The zero-order valence-corrected chi connectivity index (χ0v) is 10.9. The van der Waals surface area contributed by atoms with Crippen LogP contribution in [-0.4, -0.2) is 31.6 Å². The Morgan fingerprint density at radius 1 is 1.44 bits per heavy atom. The number of amides is 1. The van der Waals surface area contributed by atoms with Crippen molar-refractivity contribution < 1.29 is 9.53 Å². The highest BCUT2D eigenvalue weighted by molar-refractivity contribution is 6.30. The van der Waals surface area contributed by atoms with E-state index in [2.05, 4.69) is 10.6 Å². The van der Waals surface area contributed by atoms with Crippen molar-refractivity contribution >= 4 is 17.5 Å². The maximum atomic E-state index is 11.7. The van der Waals surface area contributed by atoms with E-state index in [0.29, 0.717) is 10.8 Å². The van der Waals surface area contributed by atoms with E-state index >= 15 is 0 Å². The lowest BCUT2D eigenvalue weighted by atomic mass is 10.1. The predicted octanol–water partition coefficient (Wildman–Crippen LogP) is 1.59. The Morgan fingerprint density at radius 3 is 2.94 bits per heavy atom. The second-order valence-corrected chi connectivity index (χ2v) is 4.77. The first-order valence-corrected chi connectivity index (χ1v) is 6.50. The van der Waals surface area contributed by atoms with Gasteiger partial charge in [-0.3, -0.25) is 4.79 Å². The molecule has 1 aromatic carbocycles. The molecule has 18 heavy (non-hydrogen) atoms. The second-order valence-electron chi connectivity index (χ2n) is 4.34. The van der Waals surface area contributed by atoms with E-state index in [0.717, 1.165) is 25.9 Å². The van der Waals surface area contributed by atoms with Crippen LogP contribution in [0.3, 0.4) is 0 Å². The fourth-order valence-electron chi connectivity index (χ4n) is 1.94. The summed E-state index contributed by atoms with van der Waals surface area (Å²) in [5.74, 6) is 0.532. The molecule has 0 radical (unpaired) electrons. The summed E-state index contributed by atoms with van der Waals surface area (Å²) >= 11 is 5.83. The Morgan fingerprint density at radius 2 is 2.22 bits per heavy atom. The molecule has 5 heteroatoms. The molecule has 0 atom stereocenters. The lowest BCUT2D eigenvalue weighted by molar-refractivity contribution is -0.123. The first-order valence-electron chi connectivity index (χ1n) is 6.12. The summed E-state index contributed by atoms with van der Waals surface area (Å²) in [6, 6.07) is 7.30. The van der Waals surface area contributed by atoms with E-state index in [-0.39, 0.29) is 18.6 Å². The summed E-state index contributed by atoms with van der Waals surface area (Å²) in [5.41, 5.74) is 0. The van der Waals surface area contributed by atoms with Gasteiger partial charge in [0.1, 0.15) is 5.75 Å². The molecule has 1 aromatic rings. The van der Waals surface area contributed by atoms with Crippen molar-refractivity contribution in [2.45, 2.75) is 18.9 Å². The third kappa shape index (κ3) is 4.20. The van der Waals surface area contributed by atoms with Crippen LogP contribution in [0.4, 0.5) is 0 Å². The molecule has 0 bridgehead atoms. The van der Waals surface area contributed by atoms with E-state index < -0.39 is 0 Å². The number of ether oxygens (including phenoxy) is 1. The first kappa shape index (κ1) is 13.2. The SMILES string of the molecule is O=C(COc1cccc(Cl)c1)NC1CCNCC1. The third-order valence-corrected chi connectivity index (χ3v) is 3.11. The molecular formula is C13H17ClN2O2. The second kappa shape index (κ2) is 6.61. The first-order chi connectivity index (χ1) is 8.74. The Hall–Kier alpha value is -1.26. The number of carbonyl (C=O) groups excluding carboxylic acids is 1. The molecular weight excluding hydrogens is 252 g/mol. The molecule has 1 aliphatic heterocycles. The summed E-state index contributed by atoms with van der Waals surface area (Å²) < 4.78 is 5.38. The zero-order valence-electron chi connectivity index (χ0n) is 10.1. The number of carbonyl (C=O) groups is 1. The van der Waals surface area contributed by atoms with Gasteiger partial charge in [-0.1, -0.05) is 17.7 Å². The molecule has 1 amide bonds. The molecule has 0 spiro atoms. The normalized spacial score (nSPS) is 16.3. The van der Waals surface area contributed by atoms with Crippen LogP contribution in [0.5, 0.6) is 5.75 Å². The lowest BCUT2D eigenvalue weighted by Gasteiger charge is -2.23. The minimum Gasteiger partial charge on any atom is -0.484 e. The van der Waals surface area contributed by atoms with Crippen molar-refractivity contribution in [3.63, 3.8) is 0 Å². The largest absolute Gasteiger partial charge is 0.484 e. The number of nitrogens with one attached hydrogen (secondary N) is 2. The van der Waals surface area contributed by atoms with E-state index in [4.69, 9.17) is 16.3 Å². The molecule has 1 heterocycles. The van der Waals surface area contributed by atoms with Gasteiger partial charge in [-0.05, 0) is 44.1 Å². The van der Waals surface area contributed by atoms with Gasteiger partial charge < -0.3 is 15.4 Å². The van der Waals surface area contributed by atoms with Gasteiger partial charge in [-0.2, -0.15) is 0 Å². The van der Waals surface area contributed by atoms with E-state index in [9.17, 15) is 4.79 Å². The molecule has 0 unspecified atom stereocenters. The van der Waals surface area contributed by atoms with Crippen LogP contribution in [0.1, 0.15) is 12.8 Å². The zero-order chi connectivity index (χ0) is 12.8.